The fourth-order valence-corrected chi connectivity index (χ4v) is 5.74. The Kier molecular flexibility index (Phi) is 10.1. The number of carbonyl (C=O) groups excluding carboxylic acids is 2. The number of anilines is 1. The van der Waals surface area contributed by atoms with Gasteiger partial charge in [0, 0.05) is 31.1 Å². The number of hydrogen-bond donors (Lipinski definition) is 2. The van der Waals surface area contributed by atoms with Crippen molar-refractivity contribution < 1.29 is 22.5 Å². The first-order valence-corrected chi connectivity index (χ1v) is 15.0. The van der Waals surface area contributed by atoms with Gasteiger partial charge in [0.1, 0.15) is 11.8 Å². The Labute approximate surface area is 237 Å². The molecule has 0 bridgehead atoms. The Morgan fingerprint density at radius 3 is 2.17 bits per heavy atom. The van der Waals surface area contributed by atoms with Crippen molar-refractivity contribution in [3.8, 4) is 11.1 Å². The Bertz CT molecular complexity index is 1430. The van der Waals surface area contributed by atoms with Crippen molar-refractivity contribution in [2.24, 2.45) is 11.8 Å². The normalized spacial score (nSPS) is 12.4. The van der Waals surface area contributed by atoms with Crippen LogP contribution in [0.15, 0.2) is 57.9 Å². The lowest BCUT2D eigenvalue weighted by atomic mass is 9.98. The predicted octanol–water partition coefficient (Wildman–Crippen LogP) is 5.29. The third-order valence-electron chi connectivity index (χ3n) is 6.71. The van der Waals surface area contributed by atoms with Gasteiger partial charge in [-0.3, -0.25) is 14.3 Å². The van der Waals surface area contributed by atoms with E-state index in [0.29, 0.717) is 35.3 Å². The summed E-state index contributed by atoms with van der Waals surface area (Å²) in [5.74, 6) is 0.797. The summed E-state index contributed by atoms with van der Waals surface area (Å²) in [5.41, 5.74) is 2.68. The van der Waals surface area contributed by atoms with Crippen LogP contribution in [-0.2, 0) is 26.2 Å². The third kappa shape index (κ3) is 7.50. The van der Waals surface area contributed by atoms with Crippen molar-refractivity contribution in [1.82, 2.24) is 15.4 Å². The molecule has 1 atom stereocenters. The third-order valence-corrected chi connectivity index (χ3v) is 8.10. The average molecular weight is 569 g/mol. The van der Waals surface area contributed by atoms with Gasteiger partial charge in [0.15, 0.2) is 5.82 Å². The Morgan fingerprint density at radius 2 is 1.62 bits per heavy atom. The summed E-state index contributed by atoms with van der Waals surface area (Å²) in [4.78, 5) is 27.9. The van der Waals surface area contributed by atoms with Crippen LogP contribution in [0.1, 0.15) is 57.4 Å². The number of aryl methyl sites for hydroxylation is 1. The van der Waals surface area contributed by atoms with E-state index in [0.717, 1.165) is 5.56 Å². The monoisotopic (exact) mass is 568 g/mol. The molecule has 0 unspecified atom stereocenters. The van der Waals surface area contributed by atoms with E-state index in [1.54, 1.807) is 50.1 Å². The van der Waals surface area contributed by atoms with Crippen molar-refractivity contribution in [3.05, 3.63) is 65.4 Å². The van der Waals surface area contributed by atoms with Crippen LogP contribution in [0.5, 0.6) is 0 Å². The molecular formula is C30H40N4O5S. The van der Waals surface area contributed by atoms with Crippen LogP contribution < -0.4 is 10.0 Å². The van der Waals surface area contributed by atoms with Gasteiger partial charge >= 0.3 is 0 Å². The summed E-state index contributed by atoms with van der Waals surface area (Å²) in [6.07, 6.45) is 0.886. The molecule has 2 aromatic carbocycles. The van der Waals surface area contributed by atoms with E-state index >= 15 is 0 Å². The Balaban J connectivity index is 1.92. The topological polar surface area (TPSA) is 122 Å². The minimum Gasteiger partial charge on any atom is -0.359 e. The van der Waals surface area contributed by atoms with Gasteiger partial charge in [0.2, 0.25) is 11.8 Å². The number of aromatic nitrogens is 1. The van der Waals surface area contributed by atoms with Crippen LogP contribution in [-0.4, -0.2) is 43.4 Å². The molecule has 2 N–H and O–H groups in total. The minimum atomic E-state index is -3.96. The first kappa shape index (κ1) is 30.9. The average Bonchev–Trinajstić information content (AvgIpc) is 3.21. The van der Waals surface area contributed by atoms with Gasteiger partial charge in [0.25, 0.3) is 10.0 Å². The molecule has 0 radical (unpaired) electrons. The molecule has 1 heterocycles. The molecule has 10 heteroatoms. The lowest BCUT2D eigenvalue weighted by Gasteiger charge is -2.32. The molecule has 3 rings (SSSR count). The smallest absolute Gasteiger partial charge is 0.263 e. The number of benzene rings is 2. The Hall–Kier alpha value is -3.66. The predicted molar refractivity (Wildman–Crippen MR) is 156 cm³/mol. The number of carbonyl (C=O) groups is 2. The molecule has 0 saturated heterocycles. The number of nitrogens with zero attached hydrogens (tertiary/aromatic N) is 2. The molecule has 1 aromatic heterocycles. The van der Waals surface area contributed by atoms with Gasteiger partial charge in [-0.1, -0.05) is 75.3 Å². The Morgan fingerprint density at radius 1 is 0.975 bits per heavy atom. The van der Waals surface area contributed by atoms with Crippen molar-refractivity contribution in [2.45, 2.75) is 71.9 Å². The number of sulfonamides is 1. The molecule has 0 fully saturated rings. The number of likely N-dealkylation sites (N-methyl/N-ethyl adjacent to an activating group) is 1. The second-order valence-corrected chi connectivity index (χ2v) is 12.5. The molecular weight excluding hydrogens is 528 g/mol. The van der Waals surface area contributed by atoms with Crippen LogP contribution >= 0.6 is 0 Å². The van der Waals surface area contributed by atoms with Crippen molar-refractivity contribution in [3.63, 3.8) is 0 Å². The first-order chi connectivity index (χ1) is 18.8. The van der Waals surface area contributed by atoms with Gasteiger partial charge in [-0.25, -0.2) is 8.42 Å². The first-order valence-electron chi connectivity index (χ1n) is 13.5. The number of hydrogen-bond acceptors (Lipinski definition) is 6. The maximum absolute atomic E-state index is 13.3. The molecule has 0 aliphatic carbocycles. The fourth-order valence-electron chi connectivity index (χ4n) is 4.45. The molecule has 40 heavy (non-hydrogen) atoms. The summed E-state index contributed by atoms with van der Waals surface area (Å²) in [6.45, 7) is 11.7. The highest BCUT2D eigenvalue weighted by molar-refractivity contribution is 7.92. The van der Waals surface area contributed by atoms with Crippen LogP contribution in [0.25, 0.3) is 11.1 Å². The molecule has 9 nitrogen and oxygen atoms in total. The number of nitrogens with one attached hydrogen (secondary N) is 2. The van der Waals surface area contributed by atoms with Crippen LogP contribution in [0.3, 0.4) is 0 Å². The van der Waals surface area contributed by atoms with Crippen molar-refractivity contribution in [1.29, 1.82) is 0 Å². The standard InChI is InChI=1S/C30H40N4O5S/c1-19(2)16-26(30(36)31-7)34(28(35)17-20(3)4)18-23-12-14-24(15-13-23)25-10-8-9-11-27(25)40(37,38)33-29-21(5)22(6)39-32-29/h8-15,19-20,26H,16-18H2,1-7H3,(H,31,36)(H,32,33)/t26-/m0/s1. The zero-order valence-corrected chi connectivity index (χ0v) is 25.1. The lowest BCUT2D eigenvalue weighted by Crippen LogP contribution is -2.49. The molecule has 0 spiro atoms. The quantitative estimate of drug-likeness (QED) is 0.306. The van der Waals surface area contributed by atoms with E-state index < -0.39 is 16.1 Å². The SMILES string of the molecule is CNC(=O)[C@H](CC(C)C)N(Cc1ccc(-c2ccccc2S(=O)(=O)Nc2noc(C)c2C)cc1)C(=O)CC(C)C. The highest BCUT2D eigenvalue weighted by Gasteiger charge is 2.30. The molecule has 3 aromatic rings. The highest BCUT2D eigenvalue weighted by atomic mass is 32.2. The maximum atomic E-state index is 13.3. The van der Waals surface area contributed by atoms with Crippen LogP contribution in [0.2, 0.25) is 0 Å². The van der Waals surface area contributed by atoms with Crippen LogP contribution in [0.4, 0.5) is 5.82 Å². The van der Waals surface area contributed by atoms with Gasteiger partial charge in [-0.15, -0.1) is 0 Å². The van der Waals surface area contributed by atoms with E-state index in [4.69, 9.17) is 4.52 Å². The maximum Gasteiger partial charge on any atom is 0.263 e. The van der Waals surface area contributed by atoms with E-state index in [1.807, 2.05) is 52.0 Å². The zero-order valence-electron chi connectivity index (χ0n) is 24.3. The summed E-state index contributed by atoms with van der Waals surface area (Å²) in [6, 6.07) is 13.5. The van der Waals surface area contributed by atoms with Gasteiger partial charge < -0.3 is 14.7 Å². The van der Waals surface area contributed by atoms with E-state index in [1.165, 1.54) is 0 Å². The van der Waals surface area contributed by atoms with E-state index in [2.05, 4.69) is 15.2 Å². The van der Waals surface area contributed by atoms with E-state index in [9.17, 15) is 18.0 Å². The van der Waals surface area contributed by atoms with Gasteiger partial charge in [-0.05, 0) is 49.3 Å². The van der Waals surface area contributed by atoms with Crippen molar-refractivity contribution in [2.75, 3.05) is 11.8 Å². The zero-order chi connectivity index (χ0) is 29.6. The summed E-state index contributed by atoms with van der Waals surface area (Å²) in [7, 11) is -2.37. The number of amides is 2. The molecule has 2 amide bonds. The lowest BCUT2D eigenvalue weighted by molar-refractivity contribution is -0.142. The van der Waals surface area contributed by atoms with Gasteiger partial charge in [0.05, 0.1) is 4.90 Å². The van der Waals surface area contributed by atoms with Crippen molar-refractivity contribution >= 4 is 27.7 Å². The largest absolute Gasteiger partial charge is 0.359 e. The second kappa shape index (κ2) is 13.1. The second-order valence-electron chi connectivity index (χ2n) is 10.9. The highest BCUT2D eigenvalue weighted by Crippen LogP contribution is 2.30. The number of rotatable bonds is 12. The molecule has 0 aliphatic heterocycles. The summed E-state index contributed by atoms with van der Waals surface area (Å²) >= 11 is 0. The minimum absolute atomic E-state index is 0.0748. The van der Waals surface area contributed by atoms with Crippen LogP contribution in [0, 0.1) is 25.7 Å². The summed E-state index contributed by atoms with van der Waals surface area (Å²) in [5, 5.41) is 6.54. The fraction of sp³-hybridized carbons (Fsp3) is 0.433. The summed E-state index contributed by atoms with van der Waals surface area (Å²) < 4.78 is 34.3. The van der Waals surface area contributed by atoms with Gasteiger partial charge in [-0.2, -0.15) is 0 Å². The van der Waals surface area contributed by atoms with E-state index in [-0.39, 0.29) is 40.9 Å². The molecule has 0 aliphatic rings. The molecule has 216 valence electrons. The molecule has 0 saturated carbocycles.